The normalized spacial score (nSPS) is 16.7. The third-order valence-corrected chi connectivity index (χ3v) is 7.56. The minimum Gasteiger partial charge on any atom is -0.339 e. The summed E-state index contributed by atoms with van der Waals surface area (Å²) in [4.78, 5) is 35.6. The Balaban J connectivity index is 1.21. The van der Waals surface area contributed by atoms with Crippen LogP contribution in [0.5, 0.6) is 0 Å². The van der Waals surface area contributed by atoms with Crippen molar-refractivity contribution < 1.29 is 22.8 Å². The van der Waals surface area contributed by atoms with E-state index in [1.54, 1.807) is 22.8 Å². The number of pyridine rings is 1. The van der Waals surface area contributed by atoms with E-state index in [1.807, 2.05) is 35.2 Å². The van der Waals surface area contributed by atoms with Gasteiger partial charge in [-0.25, -0.2) is 4.52 Å². The zero-order chi connectivity index (χ0) is 29.9. The van der Waals surface area contributed by atoms with Gasteiger partial charge in [-0.05, 0) is 54.3 Å². The summed E-state index contributed by atoms with van der Waals surface area (Å²) in [6, 6.07) is 11.1. The molecule has 0 aliphatic carbocycles. The summed E-state index contributed by atoms with van der Waals surface area (Å²) in [6.07, 6.45) is -1.82. The van der Waals surface area contributed by atoms with E-state index >= 15 is 0 Å². The molecular weight excluding hydrogens is 547 g/mol. The first-order valence-corrected chi connectivity index (χ1v) is 14.3. The Kier molecular flexibility index (Phi) is 8.81. The van der Waals surface area contributed by atoms with E-state index in [9.17, 15) is 22.8 Å². The first kappa shape index (κ1) is 29.6. The Hall–Kier alpha value is -3.93. The minimum atomic E-state index is -4.34. The van der Waals surface area contributed by atoms with Gasteiger partial charge in [-0.15, -0.1) is 5.10 Å². The number of hydrogen-bond donors (Lipinski definition) is 1. The van der Waals surface area contributed by atoms with E-state index in [0.29, 0.717) is 36.0 Å². The maximum absolute atomic E-state index is 13.0. The maximum atomic E-state index is 13.0. The number of alkyl halides is 3. The Labute approximate surface area is 243 Å². The summed E-state index contributed by atoms with van der Waals surface area (Å²) < 4.78 is 39.1. The molecule has 9 nitrogen and oxygen atoms in total. The number of amides is 2. The first-order chi connectivity index (χ1) is 20.1. The average molecular weight is 584 g/mol. The van der Waals surface area contributed by atoms with Crippen LogP contribution in [0.4, 0.5) is 24.8 Å². The summed E-state index contributed by atoms with van der Waals surface area (Å²) in [6.45, 7) is 9.29. The van der Waals surface area contributed by atoms with E-state index in [4.69, 9.17) is 0 Å². The Morgan fingerprint density at radius 3 is 2.38 bits per heavy atom. The van der Waals surface area contributed by atoms with E-state index in [-0.39, 0.29) is 12.5 Å². The molecule has 42 heavy (non-hydrogen) atoms. The topological polar surface area (TPSA) is 86.1 Å². The molecule has 0 spiro atoms. The van der Waals surface area contributed by atoms with Crippen molar-refractivity contribution in [1.29, 1.82) is 0 Å². The van der Waals surface area contributed by atoms with Gasteiger partial charge in [-0.1, -0.05) is 19.9 Å². The van der Waals surface area contributed by atoms with Gasteiger partial charge in [0.1, 0.15) is 0 Å². The number of rotatable bonds is 8. The second kappa shape index (κ2) is 12.5. The second-order valence-electron chi connectivity index (χ2n) is 11.2. The molecule has 0 atom stereocenters. The molecule has 2 amide bonds. The quantitative estimate of drug-likeness (QED) is 0.408. The van der Waals surface area contributed by atoms with Crippen molar-refractivity contribution in [2.24, 2.45) is 5.92 Å². The summed E-state index contributed by atoms with van der Waals surface area (Å²) >= 11 is 0. The monoisotopic (exact) mass is 583 g/mol. The van der Waals surface area contributed by atoms with Crippen LogP contribution in [0, 0.1) is 5.92 Å². The molecule has 224 valence electrons. The maximum Gasteiger partial charge on any atom is 0.389 e. The lowest BCUT2D eigenvalue weighted by molar-refractivity contribution is -0.148. The van der Waals surface area contributed by atoms with E-state index < -0.39 is 24.9 Å². The van der Waals surface area contributed by atoms with Crippen LogP contribution in [0.3, 0.4) is 0 Å². The van der Waals surface area contributed by atoms with Gasteiger partial charge in [0.05, 0.1) is 6.42 Å². The first-order valence-electron chi connectivity index (χ1n) is 14.3. The summed E-state index contributed by atoms with van der Waals surface area (Å²) in [7, 11) is 0. The highest BCUT2D eigenvalue weighted by atomic mass is 19.4. The molecule has 2 aliphatic rings. The lowest BCUT2D eigenvalue weighted by Crippen LogP contribution is -2.49. The highest BCUT2D eigenvalue weighted by Crippen LogP contribution is 2.28. The highest BCUT2D eigenvalue weighted by molar-refractivity contribution is 5.94. The number of halogens is 3. The number of benzene rings is 1. The number of carbonyl (C=O) groups excluding carboxylic acids is 2. The van der Waals surface area contributed by atoms with Crippen LogP contribution >= 0.6 is 0 Å². The number of hydrogen-bond acceptors (Lipinski definition) is 6. The van der Waals surface area contributed by atoms with Crippen molar-refractivity contribution in [3.05, 3.63) is 59.8 Å². The van der Waals surface area contributed by atoms with Crippen molar-refractivity contribution in [3.8, 4) is 0 Å². The van der Waals surface area contributed by atoms with Gasteiger partial charge < -0.3 is 15.1 Å². The largest absolute Gasteiger partial charge is 0.389 e. The lowest BCUT2D eigenvalue weighted by atomic mass is 10.00. The summed E-state index contributed by atoms with van der Waals surface area (Å²) in [5, 5.41) is 7.73. The van der Waals surface area contributed by atoms with Crippen LogP contribution in [0.25, 0.3) is 11.2 Å². The molecule has 0 unspecified atom stereocenters. The summed E-state index contributed by atoms with van der Waals surface area (Å²) in [5.41, 5.74) is 3.84. The van der Waals surface area contributed by atoms with Crippen LogP contribution < -0.4 is 5.32 Å². The number of carbonyl (C=O) groups is 2. The predicted molar refractivity (Wildman–Crippen MR) is 154 cm³/mol. The Bertz CT molecular complexity index is 1440. The average Bonchev–Trinajstić information content (AvgIpc) is 3.38. The third kappa shape index (κ3) is 7.28. The molecule has 3 aromatic rings. The standard InChI is InChI=1S/C30H36F3N7O2/c1-21(2)20-37-16-18-39(19-17-37)28(42)23-5-7-24(8-6-23)34-29-35-27-25(4-3-13-40(27)36-29)22-10-14-38(15-11-22)26(41)9-12-30(31,32)33/h3-8,10,13,21H,9,11-12,14-20H2,1-2H3,(H,34,36). The van der Waals surface area contributed by atoms with Crippen molar-refractivity contribution in [2.75, 3.05) is 51.1 Å². The minimum absolute atomic E-state index is 0.0302. The van der Waals surface area contributed by atoms with Crippen molar-refractivity contribution >= 4 is 34.7 Å². The Morgan fingerprint density at radius 1 is 1.00 bits per heavy atom. The number of aromatic nitrogens is 3. The molecule has 0 bridgehead atoms. The van der Waals surface area contributed by atoms with Gasteiger partial charge in [0.2, 0.25) is 11.9 Å². The van der Waals surface area contributed by atoms with Gasteiger partial charge in [-0.2, -0.15) is 18.2 Å². The smallest absolute Gasteiger partial charge is 0.339 e. The Morgan fingerprint density at radius 2 is 1.74 bits per heavy atom. The molecule has 12 heteroatoms. The zero-order valence-corrected chi connectivity index (χ0v) is 23.9. The van der Waals surface area contributed by atoms with Crippen LogP contribution in [-0.4, -0.2) is 93.1 Å². The molecule has 1 fully saturated rings. The predicted octanol–water partition coefficient (Wildman–Crippen LogP) is 4.84. The lowest BCUT2D eigenvalue weighted by Gasteiger charge is -2.35. The van der Waals surface area contributed by atoms with Gasteiger partial charge in [0, 0.05) is 75.2 Å². The molecule has 5 rings (SSSR count). The SMILES string of the molecule is CC(C)CN1CCN(C(=O)c2ccc(Nc3nc4c(C5=CCN(C(=O)CCC(F)(F)F)CC5)cccn4n3)cc2)CC1. The number of anilines is 2. The van der Waals surface area contributed by atoms with Gasteiger partial charge in [-0.3, -0.25) is 14.5 Å². The van der Waals surface area contributed by atoms with Crippen LogP contribution in [0.1, 0.15) is 49.0 Å². The van der Waals surface area contributed by atoms with Crippen molar-refractivity contribution in [2.45, 2.75) is 39.3 Å². The van der Waals surface area contributed by atoms with Crippen molar-refractivity contribution in [3.63, 3.8) is 0 Å². The van der Waals surface area contributed by atoms with E-state index in [2.05, 4.69) is 34.1 Å². The molecule has 0 radical (unpaired) electrons. The molecule has 1 saturated heterocycles. The molecule has 2 aliphatic heterocycles. The molecule has 0 saturated carbocycles. The number of nitrogens with zero attached hydrogens (tertiary/aromatic N) is 6. The molecular formula is C30H36F3N7O2. The van der Waals surface area contributed by atoms with Crippen LogP contribution in [0.15, 0.2) is 48.7 Å². The van der Waals surface area contributed by atoms with Crippen molar-refractivity contribution in [1.82, 2.24) is 29.3 Å². The second-order valence-corrected chi connectivity index (χ2v) is 11.2. The zero-order valence-electron chi connectivity index (χ0n) is 23.9. The fraction of sp³-hybridized carbons (Fsp3) is 0.467. The molecule has 1 N–H and O–H groups in total. The third-order valence-electron chi connectivity index (χ3n) is 7.56. The van der Waals surface area contributed by atoms with Gasteiger partial charge in [0.15, 0.2) is 5.65 Å². The fourth-order valence-electron chi connectivity index (χ4n) is 5.41. The fourth-order valence-corrected chi connectivity index (χ4v) is 5.41. The van der Waals surface area contributed by atoms with Crippen LogP contribution in [-0.2, 0) is 4.79 Å². The number of fused-ring (bicyclic) bond motifs is 1. The molecule has 2 aromatic heterocycles. The highest BCUT2D eigenvalue weighted by Gasteiger charge is 2.30. The van der Waals surface area contributed by atoms with Gasteiger partial charge in [0.25, 0.3) is 5.91 Å². The van der Waals surface area contributed by atoms with E-state index in [0.717, 1.165) is 49.5 Å². The number of nitrogens with one attached hydrogen (secondary N) is 1. The molecule has 4 heterocycles. The molecule has 1 aromatic carbocycles. The van der Waals surface area contributed by atoms with E-state index in [1.165, 1.54) is 4.90 Å². The van der Waals surface area contributed by atoms with Crippen LogP contribution in [0.2, 0.25) is 0 Å². The number of piperazine rings is 1. The van der Waals surface area contributed by atoms with Gasteiger partial charge >= 0.3 is 6.18 Å². The summed E-state index contributed by atoms with van der Waals surface area (Å²) in [5.74, 6) is 0.535.